The normalized spacial score (nSPS) is 7.44. The Balaban J connectivity index is 0.000000291. The van der Waals surface area contributed by atoms with Crippen LogP contribution >= 0.6 is 22.6 Å². The summed E-state index contributed by atoms with van der Waals surface area (Å²) < 4.78 is 1.30. The molecular weight excluding hydrogens is 332 g/mol. The van der Waals surface area contributed by atoms with E-state index in [0.29, 0.717) is 0 Å². The Morgan fingerprint density at radius 2 is 2.22 bits per heavy atom. The summed E-state index contributed by atoms with van der Waals surface area (Å²) in [5.74, 6) is 0. The second kappa shape index (κ2) is 6.79. The number of hydrogen-bond acceptors (Lipinski definition) is 1. The van der Waals surface area contributed by atoms with Gasteiger partial charge in [-0.05, 0) is 4.93 Å². The summed E-state index contributed by atoms with van der Waals surface area (Å²) >= 11 is 3.58. The molecule has 0 aliphatic heterocycles. The number of alkyl halides is 1. The zero-order valence-corrected chi connectivity index (χ0v) is 10.1. The molecule has 0 saturated carbocycles. The molecule has 1 nitrogen and oxygen atoms in total. The van der Waals surface area contributed by atoms with E-state index < -0.39 is 0 Å². The molecule has 3 radical (unpaired) electrons. The molecule has 0 fully saturated rings. The standard InChI is InChI=1S/C5H4N.CH3I.Sn/c1-2-4-6-5-3-1;1-2;/h1-2,4-5H;1H3;. The van der Waals surface area contributed by atoms with Crippen LogP contribution in [0.2, 0.25) is 0 Å². The van der Waals surface area contributed by atoms with E-state index in [1.54, 1.807) is 6.20 Å². The van der Waals surface area contributed by atoms with Gasteiger partial charge in [0.15, 0.2) is 0 Å². The van der Waals surface area contributed by atoms with Crippen LogP contribution in [0.5, 0.6) is 0 Å². The Labute approximate surface area is 82.5 Å². The minimum absolute atomic E-state index is 1.30. The summed E-state index contributed by atoms with van der Waals surface area (Å²) in [5, 5.41) is 0. The van der Waals surface area contributed by atoms with Crippen LogP contribution in [0.15, 0.2) is 24.5 Å². The van der Waals surface area contributed by atoms with Crippen molar-refractivity contribution in [3.05, 3.63) is 24.5 Å². The fraction of sp³-hybridized carbons (Fsp3) is 0.167. The van der Waals surface area contributed by atoms with E-state index in [2.05, 4.69) is 33.6 Å². The number of pyridine rings is 1. The summed E-state index contributed by atoms with van der Waals surface area (Å²) in [6.07, 6.45) is 3.66. The molecule has 0 spiro atoms. The van der Waals surface area contributed by atoms with Crippen molar-refractivity contribution in [3.63, 3.8) is 0 Å². The molecule has 0 aliphatic carbocycles. The van der Waals surface area contributed by atoms with Crippen molar-refractivity contribution in [2.75, 3.05) is 4.93 Å². The van der Waals surface area contributed by atoms with Crippen LogP contribution in [-0.4, -0.2) is 32.4 Å². The van der Waals surface area contributed by atoms with Gasteiger partial charge in [-0.2, -0.15) is 0 Å². The summed E-state index contributed by atoms with van der Waals surface area (Å²) in [6.45, 7) is 0. The van der Waals surface area contributed by atoms with Gasteiger partial charge in [-0.1, -0.05) is 22.6 Å². The molecule has 9 heavy (non-hydrogen) atoms. The van der Waals surface area contributed by atoms with Crippen molar-refractivity contribution < 1.29 is 0 Å². The van der Waals surface area contributed by atoms with Gasteiger partial charge in [0.25, 0.3) is 0 Å². The zero-order chi connectivity index (χ0) is 7.11. The van der Waals surface area contributed by atoms with Gasteiger partial charge in [0.2, 0.25) is 0 Å². The molecule has 1 rings (SSSR count). The van der Waals surface area contributed by atoms with E-state index in [-0.39, 0.29) is 0 Å². The van der Waals surface area contributed by atoms with Gasteiger partial charge in [0.05, 0.1) is 0 Å². The van der Waals surface area contributed by atoms with E-state index in [0.717, 1.165) is 0 Å². The number of nitrogens with zero attached hydrogens (tertiary/aromatic N) is 1. The summed E-state index contributed by atoms with van der Waals surface area (Å²) in [5.41, 5.74) is 0. The summed E-state index contributed by atoms with van der Waals surface area (Å²) in [4.78, 5) is 5.88. The molecule has 0 unspecified atom stereocenters. The van der Waals surface area contributed by atoms with Crippen LogP contribution in [0.3, 0.4) is 0 Å². The molecule has 0 atom stereocenters. The van der Waals surface area contributed by atoms with Crippen molar-refractivity contribution in [1.82, 2.24) is 4.98 Å². The third kappa shape index (κ3) is 5.14. The second-order valence-corrected chi connectivity index (χ2v) is 2.89. The van der Waals surface area contributed by atoms with Gasteiger partial charge >= 0.3 is 55.6 Å². The Hall–Kier alpha value is 0.679. The van der Waals surface area contributed by atoms with Gasteiger partial charge < -0.3 is 0 Å². The third-order valence-corrected chi connectivity index (χ3v) is 1.51. The number of hydrogen-bond donors (Lipinski definition) is 0. The van der Waals surface area contributed by atoms with Crippen molar-refractivity contribution in [2.45, 2.75) is 0 Å². The molecule has 0 bridgehead atoms. The predicted molar refractivity (Wildman–Crippen MR) is 49.6 cm³/mol. The van der Waals surface area contributed by atoms with Crippen LogP contribution in [-0.2, 0) is 0 Å². The Morgan fingerprint density at radius 1 is 1.56 bits per heavy atom. The van der Waals surface area contributed by atoms with E-state index in [1.165, 1.54) is 26.1 Å². The van der Waals surface area contributed by atoms with Crippen molar-refractivity contribution >= 4 is 48.7 Å². The monoisotopic (exact) mass is 340 g/mol. The summed E-state index contributed by atoms with van der Waals surface area (Å²) in [6, 6.07) is 4.01. The Bertz CT molecular complexity index is 143. The van der Waals surface area contributed by atoms with Crippen molar-refractivity contribution in [2.24, 2.45) is 0 Å². The molecule has 3 heteroatoms. The second-order valence-electron chi connectivity index (χ2n) is 1.24. The molecule has 0 aromatic carbocycles. The molecule has 1 heterocycles. The predicted octanol–water partition coefficient (Wildman–Crippen LogP) is 0.927. The topological polar surface area (TPSA) is 12.9 Å². The SMILES string of the molecule is CI.[Sn][c]1cccnc1. The van der Waals surface area contributed by atoms with Crippen LogP contribution in [0.4, 0.5) is 0 Å². The van der Waals surface area contributed by atoms with Crippen LogP contribution < -0.4 is 3.58 Å². The molecule has 1 aromatic rings. The van der Waals surface area contributed by atoms with Gasteiger partial charge in [-0.15, -0.1) is 0 Å². The first-order valence-corrected chi connectivity index (χ1v) is 5.97. The number of halogens is 1. The number of aromatic nitrogens is 1. The maximum atomic E-state index is 3.91. The summed E-state index contributed by atoms with van der Waals surface area (Å²) in [7, 11) is 0. The van der Waals surface area contributed by atoms with E-state index in [4.69, 9.17) is 0 Å². The zero-order valence-electron chi connectivity index (χ0n) is 5.13. The Morgan fingerprint density at radius 3 is 2.44 bits per heavy atom. The fourth-order valence-corrected chi connectivity index (χ4v) is 0.850. The molecular formula is C6H7INSn. The van der Waals surface area contributed by atoms with E-state index in [9.17, 15) is 0 Å². The van der Waals surface area contributed by atoms with Crippen LogP contribution in [0, 0.1) is 0 Å². The fourth-order valence-electron chi connectivity index (χ4n) is 0.363. The van der Waals surface area contributed by atoms with Gasteiger partial charge in [0.1, 0.15) is 0 Å². The first-order chi connectivity index (χ1) is 4.39. The quantitative estimate of drug-likeness (QED) is 0.389. The molecule has 47 valence electrons. The molecule has 0 saturated heterocycles. The van der Waals surface area contributed by atoms with Crippen LogP contribution in [0.1, 0.15) is 0 Å². The minimum atomic E-state index is 1.30. The average Bonchev–Trinajstić information content (AvgIpc) is 1.94. The average molecular weight is 339 g/mol. The van der Waals surface area contributed by atoms with Gasteiger partial charge in [-0.3, -0.25) is 0 Å². The van der Waals surface area contributed by atoms with Crippen molar-refractivity contribution in [3.8, 4) is 0 Å². The van der Waals surface area contributed by atoms with E-state index >= 15 is 0 Å². The van der Waals surface area contributed by atoms with Crippen molar-refractivity contribution in [1.29, 1.82) is 0 Å². The molecule has 0 amide bonds. The molecule has 0 aliphatic rings. The van der Waals surface area contributed by atoms with Crippen LogP contribution in [0.25, 0.3) is 0 Å². The maximum absolute atomic E-state index is 3.91. The van der Waals surface area contributed by atoms with E-state index in [1.807, 2.05) is 17.2 Å². The molecule has 1 aromatic heterocycles. The first-order valence-electron chi connectivity index (χ1n) is 2.39. The van der Waals surface area contributed by atoms with Gasteiger partial charge in [-0.25, -0.2) is 0 Å². The Kier molecular flexibility index (Phi) is 7.31. The number of rotatable bonds is 0. The first kappa shape index (κ1) is 9.68. The van der Waals surface area contributed by atoms with Gasteiger partial charge in [0, 0.05) is 0 Å². The molecule has 0 N–H and O–H groups in total. The third-order valence-electron chi connectivity index (χ3n) is 0.662.